The van der Waals surface area contributed by atoms with Crippen molar-refractivity contribution in [2.75, 3.05) is 26.7 Å². The number of likely N-dealkylation sites (N-methyl/N-ethyl adjacent to an activating group) is 1. The van der Waals surface area contributed by atoms with Crippen LogP contribution in [0.2, 0.25) is 0 Å². The molecule has 1 aromatic rings. The van der Waals surface area contributed by atoms with Crippen LogP contribution < -0.4 is 11.3 Å². The van der Waals surface area contributed by atoms with Gasteiger partial charge >= 0.3 is 0 Å². The zero-order valence-electron chi connectivity index (χ0n) is 10.9. The Balaban J connectivity index is 1.96. The second-order valence-electron chi connectivity index (χ2n) is 4.70. The van der Waals surface area contributed by atoms with Crippen LogP contribution in [0.1, 0.15) is 15.9 Å². The highest BCUT2D eigenvalue weighted by Gasteiger charge is 2.20. The Kier molecular flexibility index (Phi) is 4.13. The second kappa shape index (κ2) is 5.81. The molecule has 1 aliphatic rings. The summed E-state index contributed by atoms with van der Waals surface area (Å²) >= 11 is 0. The molecule has 1 saturated heterocycles. The molecule has 0 atom stereocenters. The summed E-state index contributed by atoms with van der Waals surface area (Å²) in [5, 5.41) is 0. The van der Waals surface area contributed by atoms with Crippen molar-refractivity contribution < 1.29 is 9.59 Å². The molecule has 102 valence electrons. The number of nitrogens with two attached hydrogens (primary N) is 1. The third-order valence-electron chi connectivity index (χ3n) is 3.29. The van der Waals surface area contributed by atoms with Gasteiger partial charge < -0.3 is 4.90 Å². The maximum absolute atomic E-state index is 11.6. The molecule has 0 saturated carbocycles. The van der Waals surface area contributed by atoms with Crippen LogP contribution in [0.4, 0.5) is 0 Å². The number of hydrogen-bond donors (Lipinski definition) is 2. The highest BCUT2D eigenvalue weighted by molar-refractivity contribution is 5.93. The first kappa shape index (κ1) is 13.5. The molecule has 1 fully saturated rings. The third-order valence-corrected chi connectivity index (χ3v) is 3.29. The molecule has 1 aliphatic heterocycles. The predicted molar refractivity (Wildman–Crippen MR) is 71.0 cm³/mol. The van der Waals surface area contributed by atoms with E-state index in [1.54, 1.807) is 17.0 Å². The Morgan fingerprint density at radius 2 is 2.00 bits per heavy atom. The average molecular weight is 262 g/mol. The molecule has 1 heterocycles. The van der Waals surface area contributed by atoms with E-state index in [1.807, 2.05) is 19.2 Å². The minimum atomic E-state index is -0.304. The van der Waals surface area contributed by atoms with Crippen LogP contribution >= 0.6 is 0 Å². The molecule has 2 rings (SSSR count). The van der Waals surface area contributed by atoms with Crippen molar-refractivity contribution >= 4 is 11.8 Å². The monoisotopic (exact) mass is 262 g/mol. The van der Waals surface area contributed by atoms with Gasteiger partial charge in [0.2, 0.25) is 5.91 Å². The number of nitrogen functional groups attached to an aromatic ring is 1. The van der Waals surface area contributed by atoms with Crippen molar-refractivity contribution in [3.05, 3.63) is 35.4 Å². The molecule has 2 amide bonds. The molecular weight excluding hydrogens is 244 g/mol. The molecule has 6 nitrogen and oxygen atoms in total. The van der Waals surface area contributed by atoms with E-state index in [4.69, 9.17) is 5.84 Å². The molecule has 19 heavy (non-hydrogen) atoms. The summed E-state index contributed by atoms with van der Waals surface area (Å²) in [4.78, 5) is 26.7. The highest BCUT2D eigenvalue weighted by Crippen LogP contribution is 2.10. The first-order valence-corrected chi connectivity index (χ1v) is 6.16. The van der Waals surface area contributed by atoms with Crippen LogP contribution in [0.25, 0.3) is 0 Å². The summed E-state index contributed by atoms with van der Waals surface area (Å²) in [7, 11) is 1.82. The lowest BCUT2D eigenvalue weighted by molar-refractivity contribution is -0.134. The molecule has 0 radical (unpaired) electrons. The van der Waals surface area contributed by atoms with Gasteiger partial charge in [0.1, 0.15) is 0 Å². The SMILES string of the molecule is CN1CCN(Cc2ccc(C(=O)NN)cc2)CC1=O. The fourth-order valence-corrected chi connectivity index (χ4v) is 2.05. The summed E-state index contributed by atoms with van der Waals surface area (Å²) in [6.45, 7) is 2.78. The maximum Gasteiger partial charge on any atom is 0.265 e. The van der Waals surface area contributed by atoms with E-state index in [0.29, 0.717) is 18.7 Å². The maximum atomic E-state index is 11.6. The minimum Gasteiger partial charge on any atom is -0.343 e. The molecular formula is C13H18N4O2. The normalized spacial score (nSPS) is 16.5. The number of rotatable bonds is 3. The van der Waals surface area contributed by atoms with E-state index >= 15 is 0 Å². The van der Waals surface area contributed by atoms with E-state index < -0.39 is 0 Å². The number of nitrogens with one attached hydrogen (secondary N) is 1. The molecule has 0 spiro atoms. The van der Waals surface area contributed by atoms with Crippen LogP contribution in [0.3, 0.4) is 0 Å². The topological polar surface area (TPSA) is 78.7 Å². The molecule has 0 unspecified atom stereocenters. The van der Waals surface area contributed by atoms with Crippen molar-refractivity contribution in [2.45, 2.75) is 6.54 Å². The number of carbonyl (C=O) groups is 2. The summed E-state index contributed by atoms with van der Waals surface area (Å²) < 4.78 is 0. The van der Waals surface area contributed by atoms with Gasteiger partial charge in [0.15, 0.2) is 0 Å². The second-order valence-corrected chi connectivity index (χ2v) is 4.70. The van der Waals surface area contributed by atoms with Crippen LogP contribution in [0.15, 0.2) is 24.3 Å². The number of benzene rings is 1. The van der Waals surface area contributed by atoms with E-state index in [2.05, 4.69) is 10.3 Å². The number of hydrogen-bond acceptors (Lipinski definition) is 4. The molecule has 6 heteroatoms. The van der Waals surface area contributed by atoms with Crippen molar-refractivity contribution in [3.63, 3.8) is 0 Å². The van der Waals surface area contributed by atoms with Crippen molar-refractivity contribution in [1.29, 1.82) is 0 Å². The summed E-state index contributed by atoms with van der Waals surface area (Å²) in [6, 6.07) is 7.23. The average Bonchev–Trinajstić information content (AvgIpc) is 2.43. The first-order chi connectivity index (χ1) is 9.10. The Morgan fingerprint density at radius 3 is 2.58 bits per heavy atom. The van der Waals surface area contributed by atoms with Gasteiger partial charge in [-0.2, -0.15) is 0 Å². The highest BCUT2D eigenvalue weighted by atomic mass is 16.2. The van der Waals surface area contributed by atoms with E-state index in [0.717, 1.165) is 18.7 Å². The van der Waals surface area contributed by atoms with Crippen LogP contribution in [-0.2, 0) is 11.3 Å². The predicted octanol–water partition coefficient (Wildman–Crippen LogP) is -0.436. The summed E-state index contributed by atoms with van der Waals surface area (Å²) in [5.74, 6) is 4.91. The lowest BCUT2D eigenvalue weighted by atomic mass is 10.1. The zero-order chi connectivity index (χ0) is 13.8. The molecule has 1 aromatic carbocycles. The number of nitrogens with zero attached hydrogens (tertiary/aromatic N) is 2. The number of amides is 2. The fourth-order valence-electron chi connectivity index (χ4n) is 2.05. The number of carbonyl (C=O) groups excluding carboxylic acids is 2. The van der Waals surface area contributed by atoms with Gasteiger partial charge in [-0.15, -0.1) is 0 Å². The Bertz CT molecular complexity index is 472. The Hall–Kier alpha value is -1.92. The third kappa shape index (κ3) is 3.30. The lowest BCUT2D eigenvalue weighted by Crippen LogP contribution is -2.47. The van der Waals surface area contributed by atoms with E-state index in [9.17, 15) is 9.59 Å². The molecule has 0 bridgehead atoms. The van der Waals surface area contributed by atoms with Gasteiger partial charge in [0, 0.05) is 32.2 Å². The van der Waals surface area contributed by atoms with Crippen molar-refractivity contribution in [3.8, 4) is 0 Å². The number of hydrazine groups is 1. The minimum absolute atomic E-state index is 0.144. The first-order valence-electron chi connectivity index (χ1n) is 6.16. The zero-order valence-corrected chi connectivity index (χ0v) is 10.9. The fraction of sp³-hybridized carbons (Fsp3) is 0.385. The van der Waals surface area contributed by atoms with Gasteiger partial charge in [0.05, 0.1) is 6.54 Å². The quantitative estimate of drug-likeness (QED) is 0.440. The lowest BCUT2D eigenvalue weighted by Gasteiger charge is -2.31. The molecule has 0 aliphatic carbocycles. The summed E-state index contributed by atoms with van der Waals surface area (Å²) in [5.41, 5.74) is 3.70. The van der Waals surface area contributed by atoms with Crippen LogP contribution in [0.5, 0.6) is 0 Å². The van der Waals surface area contributed by atoms with E-state index in [-0.39, 0.29) is 11.8 Å². The summed E-state index contributed by atoms with van der Waals surface area (Å²) in [6.07, 6.45) is 0. The van der Waals surface area contributed by atoms with Crippen LogP contribution in [0, 0.1) is 0 Å². The van der Waals surface area contributed by atoms with Gasteiger partial charge in [-0.25, -0.2) is 5.84 Å². The smallest absolute Gasteiger partial charge is 0.265 e. The van der Waals surface area contributed by atoms with Gasteiger partial charge in [-0.05, 0) is 17.7 Å². The van der Waals surface area contributed by atoms with E-state index in [1.165, 1.54) is 0 Å². The Morgan fingerprint density at radius 1 is 1.32 bits per heavy atom. The van der Waals surface area contributed by atoms with Gasteiger partial charge in [-0.1, -0.05) is 12.1 Å². The van der Waals surface area contributed by atoms with Crippen molar-refractivity contribution in [2.24, 2.45) is 5.84 Å². The molecule has 3 N–H and O–H groups in total. The van der Waals surface area contributed by atoms with Gasteiger partial charge in [-0.3, -0.25) is 19.9 Å². The number of piperazine rings is 1. The Labute approximate surface area is 112 Å². The van der Waals surface area contributed by atoms with Crippen molar-refractivity contribution in [1.82, 2.24) is 15.2 Å². The van der Waals surface area contributed by atoms with Crippen LogP contribution in [-0.4, -0.2) is 48.3 Å². The van der Waals surface area contributed by atoms with Gasteiger partial charge in [0.25, 0.3) is 5.91 Å². The largest absolute Gasteiger partial charge is 0.343 e. The standard InChI is InChI=1S/C13H18N4O2/c1-16-6-7-17(9-12(16)18)8-10-2-4-11(5-3-10)13(19)15-14/h2-5H,6-9,14H2,1H3,(H,15,19). The molecule has 0 aromatic heterocycles.